The van der Waals surface area contributed by atoms with Gasteiger partial charge in [-0.1, -0.05) is 6.92 Å². The maximum atomic E-state index is 12.0. The molecule has 154 valence electrons. The van der Waals surface area contributed by atoms with Crippen LogP contribution in [0.1, 0.15) is 52.4 Å². The highest BCUT2D eigenvalue weighted by molar-refractivity contribution is 5.68. The normalized spacial score (nSPS) is 38.5. The highest BCUT2D eigenvalue weighted by Gasteiger charge is 2.51. The van der Waals surface area contributed by atoms with E-state index in [2.05, 4.69) is 16.7 Å². The lowest BCUT2D eigenvalue weighted by atomic mass is 9.64. The van der Waals surface area contributed by atoms with Crippen LogP contribution < -0.4 is 0 Å². The highest BCUT2D eigenvalue weighted by atomic mass is 16.6. The summed E-state index contributed by atoms with van der Waals surface area (Å²) in [6.07, 6.45) is 5.92. The van der Waals surface area contributed by atoms with E-state index in [-0.39, 0.29) is 6.09 Å². The number of rotatable bonds is 4. The largest absolute Gasteiger partial charge is 0.450 e. The number of likely N-dealkylation sites (tertiary alicyclic amines) is 2. The van der Waals surface area contributed by atoms with Gasteiger partial charge in [-0.2, -0.15) is 0 Å². The van der Waals surface area contributed by atoms with Gasteiger partial charge in [-0.15, -0.1) is 0 Å². The summed E-state index contributed by atoms with van der Waals surface area (Å²) in [5.74, 6) is 0. The molecule has 1 saturated carbocycles. The maximum Gasteiger partial charge on any atom is 0.409 e. The fourth-order valence-corrected chi connectivity index (χ4v) is 5.74. The Bertz CT molecular complexity index is 531. The van der Waals surface area contributed by atoms with E-state index in [0.717, 1.165) is 51.9 Å². The Morgan fingerprint density at radius 2 is 1.93 bits per heavy atom. The van der Waals surface area contributed by atoms with Crippen molar-refractivity contribution in [3.05, 3.63) is 0 Å². The lowest BCUT2D eigenvalue weighted by molar-refractivity contribution is -0.156. The van der Waals surface area contributed by atoms with Gasteiger partial charge in [0.15, 0.2) is 0 Å². The first-order valence-corrected chi connectivity index (χ1v) is 10.8. The number of amides is 1. The molecule has 0 aromatic heterocycles. The van der Waals surface area contributed by atoms with Crippen LogP contribution >= 0.6 is 0 Å². The zero-order valence-corrected chi connectivity index (χ0v) is 16.8. The van der Waals surface area contributed by atoms with Gasteiger partial charge in [-0.05, 0) is 64.0 Å². The van der Waals surface area contributed by atoms with E-state index in [9.17, 15) is 9.90 Å². The molecule has 1 aliphatic carbocycles. The second-order valence-electron chi connectivity index (χ2n) is 8.87. The maximum absolute atomic E-state index is 12.0. The van der Waals surface area contributed by atoms with E-state index in [1.807, 2.05) is 11.8 Å². The van der Waals surface area contributed by atoms with Crippen molar-refractivity contribution in [2.24, 2.45) is 5.41 Å². The fourth-order valence-electron chi connectivity index (χ4n) is 5.74. The molecule has 3 aliphatic heterocycles. The molecule has 0 radical (unpaired) electrons. The zero-order valence-electron chi connectivity index (χ0n) is 16.8. The van der Waals surface area contributed by atoms with Gasteiger partial charge in [0, 0.05) is 31.2 Å². The first kappa shape index (κ1) is 19.4. The molecule has 27 heavy (non-hydrogen) atoms. The average Bonchev–Trinajstić information content (AvgIpc) is 3.25. The molecule has 2 atom stereocenters. The first-order chi connectivity index (χ1) is 13.0. The van der Waals surface area contributed by atoms with Crippen LogP contribution in [0.15, 0.2) is 0 Å². The standard InChI is InChI=1S/C20H35N3O4/c1-3-15-13-27-19(25)23(15)16-5-8-21(9-6-16)17-11-20(12-17)7-10-22(14-20)18(24)26-4-2/h15-17,19,25H,3-14H2,1-2H3. The average molecular weight is 382 g/mol. The van der Waals surface area contributed by atoms with Crippen molar-refractivity contribution < 1.29 is 19.4 Å². The molecule has 1 spiro atoms. The van der Waals surface area contributed by atoms with Gasteiger partial charge >= 0.3 is 6.09 Å². The number of hydrogen-bond donors (Lipinski definition) is 1. The summed E-state index contributed by atoms with van der Waals surface area (Å²) in [6.45, 7) is 9.06. The molecule has 4 aliphatic rings. The third-order valence-electron chi connectivity index (χ3n) is 7.32. The summed E-state index contributed by atoms with van der Waals surface area (Å²) in [5, 5.41) is 10.2. The Kier molecular flexibility index (Phi) is 5.65. The van der Waals surface area contributed by atoms with Gasteiger partial charge in [0.2, 0.25) is 6.41 Å². The Morgan fingerprint density at radius 1 is 1.19 bits per heavy atom. The number of nitrogens with zero attached hydrogens (tertiary/aromatic N) is 3. The Labute approximate surface area is 162 Å². The van der Waals surface area contributed by atoms with Gasteiger partial charge in [-0.3, -0.25) is 0 Å². The summed E-state index contributed by atoms with van der Waals surface area (Å²) in [6, 6.07) is 1.45. The summed E-state index contributed by atoms with van der Waals surface area (Å²) in [4.78, 5) is 18.7. The fraction of sp³-hybridized carbons (Fsp3) is 0.950. The van der Waals surface area contributed by atoms with E-state index in [1.54, 1.807) is 0 Å². The van der Waals surface area contributed by atoms with Crippen molar-refractivity contribution in [3.63, 3.8) is 0 Å². The van der Waals surface area contributed by atoms with Crippen LogP contribution in [0.5, 0.6) is 0 Å². The van der Waals surface area contributed by atoms with Gasteiger partial charge in [0.25, 0.3) is 0 Å². The molecule has 1 N–H and O–H groups in total. The summed E-state index contributed by atoms with van der Waals surface area (Å²) in [5.41, 5.74) is 0.334. The number of hydrogen-bond acceptors (Lipinski definition) is 6. The van der Waals surface area contributed by atoms with Crippen molar-refractivity contribution >= 4 is 6.09 Å². The van der Waals surface area contributed by atoms with E-state index >= 15 is 0 Å². The molecule has 2 unspecified atom stereocenters. The Hall–Kier alpha value is -0.890. The predicted octanol–water partition coefficient (Wildman–Crippen LogP) is 1.85. The molecular weight excluding hydrogens is 346 g/mol. The number of aliphatic hydroxyl groups excluding tert-OH is 1. The number of carbonyl (C=O) groups is 1. The predicted molar refractivity (Wildman–Crippen MR) is 101 cm³/mol. The summed E-state index contributed by atoms with van der Waals surface area (Å²) in [7, 11) is 0. The quantitative estimate of drug-likeness (QED) is 0.802. The van der Waals surface area contributed by atoms with Crippen LogP contribution in [0.3, 0.4) is 0 Å². The van der Waals surface area contributed by atoms with Gasteiger partial charge in [0.1, 0.15) is 0 Å². The molecule has 0 aromatic carbocycles. The number of carbonyl (C=O) groups excluding carboxylic acids is 1. The molecule has 7 nitrogen and oxygen atoms in total. The van der Waals surface area contributed by atoms with Gasteiger partial charge in [0.05, 0.1) is 13.2 Å². The van der Waals surface area contributed by atoms with E-state index in [0.29, 0.717) is 36.8 Å². The van der Waals surface area contributed by atoms with Crippen LogP contribution in [0, 0.1) is 5.41 Å². The minimum atomic E-state index is -0.717. The van der Waals surface area contributed by atoms with Crippen LogP contribution in [0.4, 0.5) is 4.79 Å². The van der Waals surface area contributed by atoms with Crippen molar-refractivity contribution in [2.75, 3.05) is 39.4 Å². The molecule has 7 heteroatoms. The van der Waals surface area contributed by atoms with Crippen LogP contribution in [-0.4, -0.2) is 89.8 Å². The van der Waals surface area contributed by atoms with Gasteiger partial charge < -0.3 is 24.4 Å². The SMILES string of the molecule is CCOC(=O)N1CCC2(CC(N3CCC(N4C(CC)COC4O)CC3)C2)C1. The minimum absolute atomic E-state index is 0.143. The molecule has 1 amide bonds. The lowest BCUT2D eigenvalue weighted by Gasteiger charge is -2.52. The minimum Gasteiger partial charge on any atom is -0.450 e. The second kappa shape index (κ2) is 7.85. The zero-order chi connectivity index (χ0) is 19.0. The topological polar surface area (TPSA) is 65.5 Å². The number of ether oxygens (including phenoxy) is 2. The van der Waals surface area contributed by atoms with Crippen molar-refractivity contribution in [1.82, 2.24) is 14.7 Å². The third-order valence-corrected chi connectivity index (χ3v) is 7.32. The van der Waals surface area contributed by atoms with Crippen molar-refractivity contribution in [3.8, 4) is 0 Å². The van der Waals surface area contributed by atoms with E-state index in [1.165, 1.54) is 12.8 Å². The molecule has 3 saturated heterocycles. The molecule has 4 rings (SSSR count). The highest BCUT2D eigenvalue weighted by Crippen LogP contribution is 2.50. The smallest absolute Gasteiger partial charge is 0.409 e. The molecule has 4 fully saturated rings. The molecular formula is C20H35N3O4. The van der Waals surface area contributed by atoms with Crippen LogP contribution in [-0.2, 0) is 9.47 Å². The van der Waals surface area contributed by atoms with E-state index < -0.39 is 6.41 Å². The van der Waals surface area contributed by atoms with E-state index in [4.69, 9.17) is 9.47 Å². The Morgan fingerprint density at radius 3 is 2.59 bits per heavy atom. The molecule has 0 aromatic rings. The molecule has 3 heterocycles. The number of aliphatic hydroxyl groups is 1. The number of piperidine rings is 1. The molecule has 0 bridgehead atoms. The van der Waals surface area contributed by atoms with Crippen molar-refractivity contribution in [2.45, 2.75) is 76.9 Å². The van der Waals surface area contributed by atoms with Crippen LogP contribution in [0.2, 0.25) is 0 Å². The second-order valence-corrected chi connectivity index (χ2v) is 8.87. The monoisotopic (exact) mass is 381 g/mol. The van der Waals surface area contributed by atoms with Crippen LogP contribution in [0.25, 0.3) is 0 Å². The Balaban J connectivity index is 1.24. The van der Waals surface area contributed by atoms with Gasteiger partial charge in [-0.25, -0.2) is 9.69 Å². The summed E-state index contributed by atoms with van der Waals surface area (Å²) >= 11 is 0. The van der Waals surface area contributed by atoms with Crippen molar-refractivity contribution in [1.29, 1.82) is 0 Å². The third kappa shape index (κ3) is 3.71. The first-order valence-electron chi connectivity index (χ1n) is 10.8. The lowest BCUT2D eigenvalue weighted by Crippen LogP contribution is -2.57. The summed E-state index contributed by atoms with van der Waals surface area (Å²) < 4.78 is 10.6.